The SMILES string of the molecule is CC(C)CCCCCCc1ccnc(NC2CC(C)CN(N)C2)n1. The van der Waals surface area contributed by atoms with E-state index >= 15 is 0 Å². The van der Waals surface area contributed by atoms with Crippen LogP contribution < -0.4 is 11.2 Å². The number of hydrogen-bond acceptors (Lipinski definition) is 5. The predicted octanol–water partition coefficient (Wildman–Crippen LogP) is 3.62. The highest BCUT2D eigenvalue weighted by molar-refractivity contribution is 5.27. The molecule has 3 N–H and O–H groups in total. The molecule has 0 amide bonds. The van der Waals surface area contributed by atoms with Crippen molar-refractivity contribution in [2.75, 3.05) is 18.4 Å². The van der Waals surface area contributed by atoms with Gasteiger partial charge < -0.3 is 5.32 Å². The summed E-state index contributed by atoms with van der Waals surface area (Å²) >= 11 is 0. The second-order valence-corrected chi connectivity index (χ2v) is 7.85. The van der Waals surface area contributed by atoms with Crippen LogP contribution in [0.25, 0.3) is 0 Å². The summed E-state index contributed by atoms with van der Waals surface area (Å²) < 4.78 is 0. The summed E-state index contributed by atoms with van der Waals surface area (Å²) in [6.45, 7) is 8.66. The highest BCUT2D eigenvalue weighted by Crippen LogP contribution is 2.17. The minimum atomic E-state index is 0.338. The number of anilines is 1. The van der Waals surface area contributed by atoms with Crippen LogP contribution in [0, 0.1) is 11.8 Å². The van der Waals surface area contributed by atoms with Crippen molar-refractivity contribution in [2.45, 2.75) is 71.8 Å². The first kappa shape index (κ1) is 19.1. The highest BCUT2D eigenvalue weighted by Gasteiger charge is 2.23. The zero-order valence-electron chi connectivity index (χ0n) is 15.7. The topological polar surface area (TPSA) is 67.1 Å². The molecule has 1 aromatic rings. The van der Waals surface area contributed by atoms with E-state index in [1.54, 1.807) is 0 Å². The Morgan fingerprint density at radius 2 is 2.04 bits per heavy atom. The Morgan fingerprint density at radius 3 is 2.79 bits per heavy atom. The molecule has 24 heavy (non-hydrogen) atoms. The molecule has 2 rings (SSSR count). The van der Waals surface area contributed by atoms with Crippen molar-refractivity contribution in [1.29, 1.82) is 0 Å². The molecule has 0 aliphatic carbocycles. The minimum Gasteiger partial charge on any atom is -0.350 e. The molecule has 0 aromatic carbocycles. The molecule has 0 spiro atoms. The number of nitrogens with zero attached hydrogens (tertiary/aromatic N) is 3. The van der Waals surface area contributed by atoms with E-state index in [1.165, 1.54) is 32.1 Å². The molecular formula is C19H35N5. The lowest BCUT2D eigenvalue weighted by atomic mass is 9.97. The van der Waals surface area contributed by atoms with Crippen LogP contribution in [-0.4, -0.2) is 34.1 Å². The van der Waals surface area contributed by atoms with Crippen LogP contribution in [0.4, 0.5) is 5.95 Å². The Bertz CT molecular complexity index is 467. The molecule has 2 atom stereocenters. The van der Waals surface area contributed by atoms with Gasteiger partial charge in [0.2, 0.25) is 5.95 Å². The molecule has 1 saturated heterocycles. The number of aryl methyl sites for hydroxylation is 1. The summed E-state index contributed by atoms with van der Waals surface area (Å²) in [6, 6.07) is 2.38. The van der Waals surface area contributed by atoms with Gasteiger partial charge in [-0.2, -0.15) is 0 Å². The molecule has 1 aliphatic heterocycles. The second kappa shape index (κ2) is 9.94. The van der Waals surface area contributed by atoms with Gasteiger partial charge in [0.05, 0.1) is 0 Å². The first-order valence-electron chi connectivity index (χ1n) is 9.61. The Morgan fingerprint density at radius 1 is 1.25 bits per heavy atom. The summed E-state index contributed by atoms with van der Waals surface area (Å²) in [6.07, 6.45) is 10.6. The van der Waals surface area contributed by atoms with Crippen LogP contribution in [0.5, 0.6) is 0 Å². The summed E-state index contributed by atoms with van der Waals surface area (Å²) in [5, 5.41) is 5.36. The van der Waals surface area contributed by atoms with E-state index in [0.29, 0.717) is 12.0 Å². The van der Waals surface area contributed by atoms with Gasteiger partial charge in [0.25, 0.3) is 0 Å². The predicted molar refractivity (Wildman–Crippen MR) is 101 cm³/mol. The van der Waals surface area contributed by atoms with Crippen LogP contribution in [-0.2, 0) is 6.42 Å². The lowest BCUT2D eigenvalue weighted by Crippen LogP contribution is -2.49. The Kier molecular flexibility index (Phi) is 7.92. The maximum atomic E-state index is 5.98. The van der Waals surface area contributed by atoms with Crippen LogP contribution in [0.3, 0.4) is 0 Å². The van der Waals surface area contributed by atoms with E-state index in [-0.39, 0.29) is 0 Å². The van der Waals surface area contributed by atoms with Gasteiger partial charge in [0.1, 0.15) is 0 Å². The van der Waals surface area contributed by atoms with Gasteiger partial charge in [-0.05, 0) is 37.2 Å². The van der Waals surface area contributed by atoms with Crippen molar-refractivity contribution in [3.63, 3.8) is 0 Å². The molecule has 1 fully saturated rings. The van der Waals surface area contributed by atoms with Crippen molar-refractivity contribution < 1.29 is 0 Å². The summed E-state index contributed by atoms with van der Waals surface area (Å²) in [7, 11) is 0. The van der Waals surface area contributed by atoms with E-state index in [2.05, 4.69) is 36.1 Å². The van der Waals surface area contributed by atoms with Crippen molar-refractivity contribution in [3.05, 3.63) is 18.0 Å². The Hall–Kier alpha value is -1.20. The van der Waals surface area contributed by atoms with Gasteiger partial charge >= 0.3 is 0 Å². The minimum absolute atomic E-state index is 0.338. The van der Waals surface area contributed by atoms with Gasteiger partial charge in [-0.25, -0.2) is 15.0 Å². The number of hydrogen-bond donors (Lipinski definition) is 2. The lowest BCUT2D eigenvalue weighted by Gasteiger charge is -2.33. The number of aromatic nitrogens is 2. The highest BCUT2D eigenvalue weighted by atomic mass is 15.4. The summed E-state index contributed by atoms with van der Waals surface area (Å²) in [5.74, 6) is 8.16. The van der Waals surface area contributed by atoms with E-state index in [1.807, 2.05) is 17.3 Å². The van der Waals surface area contributed by atoms with Crippen molar-refractivity contribution in [1.82, 2.24) is 15.0 Å². The zero-order valence-corrected chi connectivity index (χ0v) is 15.7. The average molecular weight is 334 g/mol. The quantitative estimate of drug-likeness (QED) is 0.534. The van der Waals surface area contributed by atoms with Gasteiger partial charge in [0, 0.05) is 31.0 Å². The van der Waals surface area contributed by atoms with E-state index < -0.39 is 0 Å². The van der Waals surface area contributed by atoms with Crippen LogP contribution in [0.1, 0.15) is 65.0 Å². The third-order valence-electron chi connectivity index (χ3n) is 4.70. The van der Waals surface area contributed by atoms with Crippen molar-refractivity contribution in [2.24, 2.45) is 17.7 Å². The van der Waals surface area contributed by atoms with Gasteiger partial charge in [-0.3, -0.25) is 5.84 Å². The van der Waals surface area contributed by atoms with Gasteiger partial charge in [-0.1, -0.05) is 46.5 Å². The molecule has 0 radical (unpaired) electrons. The maximum Gasteiger partial charge on any atom is 0.223 e. The fourth-order valence-electron chi connectivity index (χ4n) is 3.50. The molecule has 136 valence electrons. The molecule has 0 bridgehead atoms. The lowest BCUT2D eigenvalue weighted by molar-refractivity contribution is 0.175. The normalized spacial score (nSPS) is 22.0. The Labute approximate surface area is 147 Å². The van der Waals surface area contributed by atoms with E-state index in [9.17, 15) is 0 Å². The molecule has 1 aliphatic rings. The third kappa shape index (κ3) is 7.14. The summed E-state index contributed by atoms with van der Waals surface area (Å²) in [4.78, 5) is 9.06. The number of piperidine rings is 1. The fraction of sp³-hybridized carbons (Fsp3) is 0.789. The van der Waals surface area contributed by atoms with Crippen LogP contribution >= 0.6 is 0 Å². The summed E-state index contributed by atoms with van der Waals surface area (Å²) in [5.41, 5.74) is 1.14. The number of rotatable bonds is 9. The molecule has 0 saturated carbocycles. The average Bonchev–Trinajstić information content (AvgIpc) is 2.50. The van der Waals surface area contributed by atoms with Crippen molar-refractivity contribution >= 4 is 5.95 Å². The van der Waals surface area contributed by atoms with Crippen LogP contribution in [0.15, 0.2) is 12.3 Å². The fourth-order valence-corrected chi connectivity index (χ4v) is 3.50. The molecule has 2 heterocycles. The molecule has 2 unspecified atom stereocenters. The first-order chi connectivity index (χ1) is 11.5. The standard InChI is InChI=1S/C19H35N5/c1-15(2)8-6-4-5-7-9-17-10-11-21-19(22-17)23-18-12-16(3)13-24(20)14-18/h10-11,15-16,18H,4-9,12-14,20H2,1-3H3,(H,21,22,23). The van der Waals surface area contributed by atoms with E-state index in [4.69, 9.17) is 5.84 Å². The van der Waals surface area contributed by atoms with E-state index in [0.717, 1.165) is 43.5 Å². The van der Waals surface area contributed by atoms with Crippen molar-refractivity contribution in [3.8, 4) is 0 Å². The van der Waals surface area contributed by atoms with Crippen LogP contribution in [0.2, 0.25) is 0 Å². The van der Waals surface area contributed by atoms with Gasteiger partial charge in [0.15, 0.2) is 0 Å². The zero-order chi connectivity index (χ0) is 17.4. The smallest absolute Gasteiger partial charge is 0.223 e. The molecule has 1 aromatic heterocycles. The Balaban J connectivity index is 1.73. The maximum absolute atomic E-state index is 5.98. The molecule has 5 nitrogen and oxygen atoms in total. The molecular weight excluding hydrogens is 298 g/mol. The largest absolute Gasteiger partial charge is 0.350 e. The first-order valence-corrected chi connectivity index (χ1v) is 9.61. The monoisotopic (exact) mass is 333 g/mol. The van der Waals surface area contributed by atoms with Gasteiger partial charge in [-0.15, -0.1) is 0 Å². The number of unbranched alkanes of at least 4 members (excludes halogenated alkanes) is 3. The number of nitrogens with two attached hydrogens (primary N) is 1. The third-order valence-corrected chi connectivity index (χ3v) is 4.70. The number of hydrazine groups is 1. The molecule has 5 heteroatoms. The second-order valence-electron chi connectivity index (χ2n) is 7.85. The number of nitrogens with one attached hydrogen (secondary N) is 1.